The van der Waals surface area contributed by atoms with Crippen molar-refractivity contribution in [1.82, 2.24) is 9.62 Å². The highest BCUT2D eigenvalue weighted by Gasteiger charge is 2.32. The normalized spacial score (nSPS) is 18.2. The lowest BCUT2D eigenvalue weighted by molar-refractivity contribution is -0.134. The van der Waals surface area contributed by atoms with Crippen LogP contribution in [0.3, 0.4) is 0 Å². The number of rotatable bonds is 4. The molecule has 138 valence electrons. The van der Waals surface area contributed by atoms with Gasteiger partial charge in [0.2, 0.25) is 21.8 Å². The molecule has 1 aromatic carbocycles. The van der Waals surface area contributed by atoms with Gasteiger partial charge in [0.05, 0.1) is 4.90 Å². The van der Waals surface area contributed by atoms with Gasteiger partial charge in [-0.2, -0.15) is 0 Å². The molecule has 25 heavy (non-hydrogen) atoms. The third-order valence-corrected chi connectivity index (χ3v) is 5.61. The van der Waals surface area contributed by atoms with Crippen molar-refractivity contribution in [2.24, 2.45) is 0 Å². The van der Waals surface area contributed by atoms with Crippen molar-refractivity contribution in [2.75, 3.05) is 11.9 Å². The smallest absolute Gasteiger partial charge is 0.247 e. The summed E-state index contributed by atoms with van der Waals surface area (Å²) in [4.78, 5) is 25.6. The lowest BCUT2D eigenvalue weighted by atomic mass is 10.1. The largest absolute Gasteiger partial charge is 0.331 e. The minimum atomic E-state index is -3.61. The van der Waals surface area contributed by atoms with Gasteiger partial charge in [0.1, 0.15) is 6.04 Å². The second kappa shape index (κ2) is 7.13. The van der Waals surface area contributed by atoms with Crippen LogP contribution in [0.2, 0.25) is 0 Å². The first-order valence-corrected chi connectivity index (χ1v) is 9.70. The molecule has 0 aromatic heterocycles. The van der Waals surface area contributed by atoms with Crippen LogP contribution in [0, 0.1) is 0 Å². The molecule has 2 rings (SSSR count). The van der Waals surface area contributed by atoms with Gasteiger partial charge < -0.3 is 10.2 Å². The van der Waals surface area contributed by atoms with Gasteiger partial charge >= 0.3 is 0 Å². The minimum absolute atomic E-state index is 0.118. The van der Waals surface area contributed by atoms with E-state index in [9.17, 15) is 18.0 Å². The number of anilines is 1. The van der Waals surface area contributed by atoms with E-state index in [0.29, 0.717) is 18.7 Å². The zero-order valence-corrected chi connectivity index (χ0v) is 15.8. The van der Waals surface area contributed by atoms with Gasteiger partial charge in [-0.05, 0) is 57.9 Å². The van der Waals surface area contributed by atoms with Gasteiger partial charge in [-0.15, -0.1) is 0 Å². The molecule has 1 saturated heterocycles. The summed E-state index contributed by atoms with van der Waals surface area (Å²) in [6.45, 7) is 7.33. The second-order valence-electron chi connectivity index (χ2n) is 7.24. The van der Waals surface area contributed by atoms with E-state index in [2.05, 4.69) is 10.0 Å². The highest BCUT2D eigenvalue weighted by molar-refractivity contribution is 7.89. The first-order chi connectivity index (χ1) is 11.5. The molecule has 1 aliphatic rings. The van der Waals surface area contributed by atoms with Gasteiger partial charge in [-0.3, -0.25) is 9.59 Å². The van der Waals surface area contributed by atoms with Crippen LogP contribution in [-0.2, 0) is 19.6 Å². The fraction of sp³-hybridized carbons (Fsp3) is 0.529. The maximum absolute atomic E-state index is 12.4. The van der Waals surface area contributed by atoms with Crippen molar-refractivity contribution in [3.63, 3.8) is 0 Å². The Bertz CT molecular complexity index is 751. The van der Waals surface area contributed by atoms with E-state index in [1.165, 1.54) is 19.1 Å². The summed E-state index contributed by atoms with van der Waals surface area (Å²) in [6.07, 6.45) is 1.43. The molecule has 2 amide bonds. The van der Waals surface area contributed by atoms with Crippen molar-refractivity contribution in [2.45, 2.75) is 57.0 Å². The minimum Gasteiger partial charge on any atom is -0.331 e. The third-order valence-electron chi connectivity index (χ3n) is 3.83. The number of hydrogen-bond acceptors (Lipinski definition) is 4. The molecule has 1 aromatic rings. The highest BCUT2D eigenvalue weighted by atomic mass is 32.2. The molecule has 0 aliphatic carbocycles. The van der Waals surface area contributed by atoms with Crippen LogP contribution in [0.5, 0.6) is 0 Å². The Kier molecular flexibility index (Phi) is 5.53. The van der Waals surface area contributed by atoms with E-state index in [4.69, 9.17) is 0 Å². The lowest BCUT2D eigenvalue weighted by Gasteiger charge is -2.22. The number of benzene rings is 1. The number of sulfonamides is 1. The fourth-order valence-corrected chi connectivity index (χ4v) is 4.24. The number of nitrogens with one attached hydrogen (secondary N) is 2. The molecule has 0 radical (unpaired) electrons. The second-order valence-corrected chi connectivity index (χ2v) is 8.92. The summed E-state index contributed by atoms with van der Waals surface area (Å²) >= 11 is 0. The van der Waals surface area contributed by atoms with E-state index >= 15 is 0 Å². The van der Waals surface area contributed by atoms with Crippen molar-refractivity contribution in [3.8, 4) is 0 Å². The average Bonchev–Trinajstić information content (AvgIpc) is 2.95. The van der Waals surface area contributed by atoms with Crippen LogP contribution in [0.25, 0.3) is 0 Å². The van der Waals surface area contributed by atoms with Crippen molar-refractivity contribution in [3.05, 3.63) is 24.3 Å². The Morgan fingerprint density at radius 1 is 1.16 bits per heavy atom. The summed E-state index contributed by atoms with van der Waals surface area (Å²) < 4.78 is 27.1. The molecular weight excluding hydrogens is 342 g/mol. The molecule has 1 aliphatic heterocycles. The summed E-state index contributed by atoms with van der Waals surface area (Å²) in [5, 5.41) is 2.75. The van der Waals surface area contributed by atoms with E-state index in [1.807, 2.05) is 0 Å². The molecule has 1 atom stereocenters. The number of carbonyl (C=O) groups is 2. The lowest BCUT2D eigenvalue weighted by Crippen LogP contribution is -2.42. The maximum atomic E-state index is 12.4. The van der Waals surface area contributed by atoms with Crippen LogP contribution in [0.4, 0.5) is 5.69 Å². The van der Waals surface area contributed by atoms with E-state index in [0.717, 1.165) is 6.42 Å². The summed E-state index contributed by atoms with van der Waals surface area (Å²) in [7, 11) is -3.61. The first-order valence-electron chi connectivity index (χ1n) is 8.22. The monoisotopic (exact) mass is 367 g/mol. The van der Waals surface area contributed by atoms with Crippen LogP contribution in [0.15, 0.2) is 29.2 Å². The first kappa shape index (κ1) is 19.4. The quantitative estimate of drug-likeness (QED) is 0.847. The van der Waals surface area contributed by atoms with Gasteiger partial charge in [-0.1, -0.05) is 0 Å². The average molecular weight is 367 g/mol. The predicted molar refractivity (Wildman–Crippen MR) is 95.6 cm³/mol. The van der Waals surface area contributed by atoms with Crippen LogP contribution < -0.4 is 10.0 Å². The number of amides is 2. The molecule has 1 fully saturated rings. The Labute approximate surface area is 148 Å². The van der Waals surface area contributed by atoms with Crippen molar-refractivity contribution >= 4 is 27.5 Å². The zero-order valence-electron chi connectivity index (χ0n) is 15.0. The molecule has 0 bridgehead atoms. The van der Waals surface area contributed by atoms with Gasteiger partial charge in [0.25, 0.3) is 0 Å². The molecule has 7 nitrogen and oxygen atoms in total. The van der Waals surface area contributed by atoms with E-state index in [-0.39, 0.29) is 16.7 Å². The SMILES string of the molecule is CC(=O)N1CCC[C@H]1C(=O)Nc1ccc(S(=O)(=O)NC(C)(C)C)cc1. The Morgan fingerprint density at radius 2 is 1.76 bits per heavy atom. The number of hydrogen-bond donors (Lipinski definition) is 2. The Balaban J connectivity index is 2.08. The van der Waals surface area contributed by atoms with E-state index < -0.39 is 21.6 Å². The predicted octanol–water partition coefficient (Wildman–Crippen LogP) is 1.71. The molecule has 1 heterocycles. The Hall–Kier alpha value is -1.93. The zero-order chi connectivity index (χ0) is 18.8. The summed E-state index contributed by atoms with van der Waals surface area (Å²) in [6, 6.07) is 5.51. The van der Waals surface area contributed by atoms with E-state index in [1.54, 1.807) is 37.8 Å². The van der Waals surface area contributed by atoms with Crippen LogP contribution in [-0.4, -0.2) is 43.3 Å². The third kappa shape index (κ3) is 5.02. The van der Waals surface area contributed by atoms with Gasteiger partial charge in [0, 0.05) is 24.7 Å². The topological polar surface area (TPSA) is 95.6 Å². The molecule has 2 N–H and O–H groups in total. The van der Waals surface area contributed by atoms with Gasteiger partial charge in [-0.25, -0.2) is 13.1 Å². The maximum Gasteiger partial charge on any atom is 0.247 e. The summed E-state index contributed by atoms with van der Waals surface area (Å²) in [5.74, 6) is -0.372. The highest BCUT2D eigenvalue weighted by Crippen LogP contribution is 2.20. The molecule has 0 unspecified atom stereocenters. The fourth-order valence-electron chi connectivity index (χ4n) is 2.82. The molecule has 0 spiro atoms. The number of likely N-dealkylation sites (tertiary alicyclic amines) is 1. The molecular formula is C17H25N3O4S. The van der Waals surface area contributed by atoms with Gasteiger partial charge in [0.15, 0.2) is 0 Å². The Morgan fingerprint density at radius 3 is 2.28 bits per heavy atom. The standard InChI is InChI=1S/C17H25N3O4S/c1-12(21)20-11-5-6-15(20)16(22)18-13-7-9-14(10-8-13)25(23,24)19-17(2,3)4/h7-10,15,19H,5-6,11H2,1-4H3,(H,18,22)/t15-/m0/s1. The molecule has 0 saturated carbocycles. The number of carbonyl (C=O) groups excluding carboxylic acids is 2. The van der Waals surface area contributed by atoms with Crippen molar-refractivity contribution < 1.29 is 18.0 Å². The number of nitrogens with zero attached hydrogens (tertiary/aromatic N) is 1. The van der Waals surface area contributed by atoms with Crippen LogP contribution in [0.1, 0.15) is 40.5 Å². The molecule has 8 heteroatoms. The van der Waals surface area contributed by atoms with Crippen molar-refractivity contribution in [1.29, 1.82) is 0 Å². The summed E-state index contributed by atoms with van der Waals surface area (Å²) in [5.41, 5.74) is -0.0836. The van der Waals surface area contributed by atoms with Crippen LogP contribution >= 0.6 is 0 Å².